The number of hydrogen-bond acceptors (Lipinski definition) is 3. The molecule has 0 bridgehead atoms. The van der Waals surface area contributed by atoms with Gasteiger partial charge in [-0.3, -0.25) is 14.6 Å². The number of pyridine rings is 1. The van der Waals surface area contributed by atoms with Gasteiger partial charge in [-0.2, -0.15) is 0 Å². The summed E-state index contributed by atoms with van der Waals surface area (Å²) in [5, 5.41) is 0. The Balaban J connectivity index is 1.66. The van der Waals surface area contributed by atoms with E-state index in [0.717, 1.165) is 37.1 Å². The van der Waals surface area contributed by atoms with E-state index in [4.69, 9.17) is 0 Å². The van der Waals surface area contributed by atoms with Crippen molar-refractivity contribution in [3.05, 3.63) is 65.5 Å². The van der Waals surface area contributed by atoms with E-state index in [1.807, 2.05) is 48.2 Å². The fraction of sp³-hybridized carbons (Fsp3) is 0.381. The fourth-order valence-electron chi connectivity index (χ4n) is 3.35. The van der Waals surface area contributed by atoms with E-state index in [1.165, 1.54) is 0 Å². The zero-order chi connectivity index (χ0) is 17.6. The molecule has 2 heterocycles. The lowest BCUT2D eigenvalue weighted by Crippen LogP contribution is -2.42. The Bertz CT molecular complexity index is 743. The number of carbonyl (C=O) groups excluding carboxylic acids is 2. The van der Waals surface area contributed by atoms with Crippen molar-refractivity contribution in [2.45, 2.75) is 32.6 Å². The summed E-state index contributed by atoms with van der Waals surface area (Å²) < 4.78 is 0. The molecule has 1 aliphatic rings. The van der Waals surface area contributed by atoms with Crippen molar-refractivity contribution in [2.24, 2.45) is 5.92 Å². The summed E-state index contributed by atoms with van der Waals surface area (Å²) in [7, 11) is 0. The SMILES string of the molecule is CCc1cc(C(=O)N2CCC[C@H](C(=O)Cc3ccccc3)C2)ccn1. The molecule has 2 aromatic rings. The first-order valence-electron chi connectivity index (χ1n) is 8.98. The van der Waals surface area contributed by atoms with E-state index in [9.17, 15) is 9.59 Å². The summed E-state index contributed by atoms with van der Waals surface area (Å²) in [6.45, 7) is 3.27. The molecule has 1 amide bonds. The molecule has 4 heteroatoms. The van der Waals surface area contributed by atoms with Crippen molar-refractivity contribution in [3.63, 3.8) is 0 Å². The van der Waals surface area contributed by atoms with Crippen LogP contribution < -0.4 is 0 Å². The smallest absolute Gasteiger partial charge is 0.253 e. The van der Waals surface area contributed by atoms with E-state index < -0.39 is 0 Å². The molecule has 0 saturated carbocycles. The molecule has 3 rings (SSSR count). The van der Waals surface area contributed by atoms with Crippen LogP contribution in [-0.4, -0.2) is 34.7 Å². The number of aromatic nitrogens is 1. The number of amides is 1. The summed E-state index contributed by atoms with van der Waals surface area (Å²) in [5.41, 5.74) is 2.63. The lowest BCUT2D eigenvalue weighted by atomic mass is 9.90. The number of carbonyl (C=O) groups is 2. The zero-order valence-corrected chi connectivity index (χ0v) is 14.6. The van der Waals surface area contributed by atoms with Gasteiger partial charge >= 0.3 is 0 Å². The van der Waals surface area contributed by atoms with Gasteiger partial charge in [-0.1, -0.05) is 37.3 Å². The number of benzene rings is 1. The molecule has 130 valence electrons. The van der Waals surface area contributed by atoms with Crippen molar-refractivity contribution in [1.29, 1.82) is 0 Å². The lowest BCUT2D eigenvalue weighted by Gasteiger charge is -2.32. The lowest BCUT2D eigenvalue weighted by molar-refractivity contribution is -0.123. The van der Waals surface area contributed by atoms with Gasteiger partial charge in [-0.25, -0.2) is 0 Å². The first-order valence-corrected chi connectivity index (χ1v) is 8.98. The summed E-state index contributed by atoms with van der Waals surface area (Å²) >= 11 is 0. The number of Topliss-reactive ketones (excluding diaryl/α,β-unsaturated/α-hetero) is 1. The predicted molar refractivity (Wildman–Crippen MR) is 97.4 cm³/mol. The summed E-state index contributed by atoms with van der Waals surface area (Å²) in [5.74, 6) is 0.173. The van der Waals surface area contributed by atoms with Crippen LogP contribution in [0.4, 0.5) is 0 Å². The largest absolute Gasteiger partial charge is 0.338 e. The number of rotatable bonds is 5. The van der Waals surface area contributed by atoms with Crippen molar-refractivity contribution < 1.29 is 9.59 Å². The Labute approximate surface area is 148 Å². The third-order valence-electron chi connectivity index (χ3n) is 4.81. The molecular weight excluding hydrogens is 312 g/mol. The summed E-state index contributed by atoms with van der Waals surface area (Å²) in [6.07, 6.45) is 4.69. The van der Waals surface area contributed by atoms with Gasteiger partial charge in [0.05, 0.1) is 0 Å². The van der Waals surface area contributed by atoms with Crippen LogP contribution in [0.1, 0.15) is 41.4 Å². The van der Waals surface area contributed by atoms with Gasteiger partial charge in [0.2, 0.25) is 0 Å². The molecule has 0 radical (unpaired) electrons. The van der Waals surface area contributed by atoms with E-state index in [2.05, 4.69) is 4.98 Å². The molecule has 0 aliphatic carbocycles. The van der Waals surface area contributed by atoms with Crippen LogP contribution in [0.15, 0.2) is 48.7 Å². The molecule has 1 aromatic heterocycles. The van der Waals surface area contributed by atoms with Gasteiger partial charge in [0.15, 0.2) is 0 Å². The predicted octanol–water partition coefficient (Wildman–Crippen LogP) is 3.31. The number of piperidine rings is 1. The Morgan fingerprint density at radius 3 is 2.76 bits per heavy atom. The minimum atomic E-state index is -0.0645. The van der Waals surface area contributed by atoms with Crippen molar-refractivity contribution >= 4 is 11.7 Å². The fourth-order valence-corrected chi connectivity index (χ4v) is 3.35. The van der Waals surface area contributed by atoms with E-state index in [-0.39, 0.29) is 17.6 Å². The first-order chi connectivity index (χ1) is 12.2. The molecule has 0 spiro atoms. The number of aryl methyl sites for hydroxylation is 1. The number of hydrogen-bond donors (Lipinski definition) is 0. The topological polar surface area (TPSA) is 50.3 Å². The molecule has 1 fully saturated rings. The van der Waals surface area contributed by atoms with Crippen molar-refractivity contribution in [2.75, 3.05) is 13.1 Å². The van der Waals surface area contributed by atoms with Gasteiger partial charge in [0.25, 0.3) is 5.91 Å². The number of nitrogens with zero attached hydrogens (tertiary/aromatic N) is 2. The average Bonchev–Trinajstić information content (AvgIpc) is 2.68. The quantitative estimate of drug-likeness (QED) is 0.842. The molecule has 0 unspecified atom stereocenters. The monoisotopic (exact) mass is 336 g/mol. The normalized spacial score (nSPS) is 17.3. The molecule has 0 N–H and O–H groups in total. The van der Waals surface area contributed by atoms with Crippen LogP contribution >= 0.6 is 0 Å². The third kappa shape index (κ3) is 4.32. The highest BCUT2D eigenvalue weighted by Gasteiger charge is 2.28. The van der Waals surface area contributed by atoms with E-state index >= 15 is 0 Å². The minimum Gasteiger partial charge on any atom is -0.338 e. The van der Waals surface area contributed by atoms with Gasteiger partial charge in [-0.15, -0.1) is 0 Å². The Hall–Kier alpha value is -2.49. The third-order valence-corrected chi connectivity index (χ3v) is 4.81. The van der Waals surface area contributed by atoms with Crippen LogP contribution in [-0.2, 0) is 17.6 Å². The molecular formula is C21H24N2O2. The standard InChI is InChI=1S/C21H24N2O2/c1-2-19-14-17(10-11-22-19)21(25)23-12-6-9-18(15-23)20(24)13-16-7-4-3-5-8-16/h3-5,7-8,10-11,14,18H,2,6,9,12-13,15H2,1H3/t18-/m0/s1. The summed E-state index contributed by atoms with van der Waals surface area (Å²) in [6, 6.07) is 13.4. The zero-order valence-electron chi connectivity index (χ0n) is 14.6. The van der Waals surface area contributed by atoms with Crippen LogP contribution in [0.2, 0.25) is 0 Å². The Kier molecular flexibility index (Phi) is 5.59. The maximum absolute atomic E-state index is 12.8. The molecule has 4 nitrogen and oxygen atoms in total. The maximum Gasteiger partial charge on any atom is 0.253 e. The second-order valence-corrected chi connectivity index (χ2v) is 6.61. The Morgan fingerprint density at radius 2 is 2.00 bits per heavy atom. The van der Waals surface area contributed by atoms with Crippen LogP contribution in [0.25, 0.3) is 0 Å². The van der Waals surface area contributed by atoms with E-state index in [1.54, 1.807) is 12.3 Å². The van der Waals surface area contributed by atoms with Crippen LogP contribution in [0.3, 0.4) is 0 Å². The van der Waals surface area contributed by atoms with Crippen molar-refractivity contribution in [1.82, 2.24) is 9.88 Å². The molecule has 1 aromatic carbocycles. The molecule has 1 saturated heterocycles. The van der Waals surface area contributed by atoms with Gasteiger partial charge in [0.1, 0.15) is 5.78 Å². The molecule has 1 aliphatic heterocycles. The van der Waals surface area contributed by atoms with Gasteiger partial charge in [-0.05, 0) is 37.0 Å². The average molecular weight is 336 g/mol. The highest BCUT2D eigenvalue weighted by atomic mass is 16.2. The maximum atomic E-state index is 12.8. The molecule has 1 atom stereocenters. The summed E-state index contributed by atoms with van der Waals surface area (Å²) in [4.78, 5) is 31.5. The van der Waals surface area contributed by atoms with Crippen LogP contribution in [0.5, 0.6) is 0 Å². The Morgan fingerprint density at radius 1 is 1.20 bits per heavy atom. The highest BCUT2D eigenvalue weighted by molar-refractivity contribution is 5.95. The second-order valence-electron chi connectivity index (χ2n) is 6.61. The second kappa shape index (κ2) is 8.06. The first kappa shape index (κ1) is 17.3. The number of ketones is 1. The molecule has 25 heavy (non-hydrogen) atoms. The number of likely N-dealkylation sites (tertiary alicyclic amines) is 1. The van der Waals surface area contributed by atoms with Crippen LogP contribution in [0, 0.1) is 5.92 Å². The van der Waals surface area contributed by atoms with Crippen molar-refractivity contribution in [3.8, 4) is 0 Å². The highest BCUT2D eigenvalue weighted by Crippen LogP contribution is 2.21. The minimum absolute atomic E-state index is 0.00862. The van der Waals surface area contributed by atoms with Gasteiger partial charge < -0.3 is 4.90 Å². The van der Waals surface area contributed by atoms with E-state index in [0.29, 0.717) is 18.5 Å². The van der Waals surface area contributed by atoms with Gasteiger partial charge in [0, 0.05) is 42.9 Å².